The van der Waals surface area contributed by atoms with Gasteiger partial charge in [-0.1, -0.05) is 19.3 Å². The summed E-state index contributed by atoms with van der Waals surface area (Å²) >= 11 is 0. The Morgan fingerprint density at radius 1 is 1.33 bits per heavy atom. The van der Waals surface area contributed by atoms with Gasteiger partial charge >= 0.3 is 0 Å². The van der Waals surface area contributed by atoms with E-state index < -0.39 is 0 Å². The van der Waals surface area contributed by atoms with Crippen molar-refractivity contribution in [3.8, 4) is 0 Å². The Hall–Kier alpha value is -0.120. The second kappa shape index (κ2) is 4.81. The molecule has 1 aliphatic heterocycles. The van der Waals surface area contributed by atoms with Crippen LogP contribution in [0.5, 0.6) is 0 Å². The third kappa shape index (κ3) is 2.92. The molecule has 1 saturated carbocycles. The summed E-state index contributed by atoms with van der Waals surface area (Å²) in [5, 5.41) is 0. The van der Waals surface area contributed by atoms with E-state index in [-0.39, 0.29) is 5.54 Å². The highest BCUT2D eigenvalue weighted by atomic mass is 16.5. The molecule has 1 atom stereocenters. The van der Waals surface area contributed by atoms with E-state index in [0.29, 0.717) is 6.04 Å². The Bertz CT molecular complexity index is 196. The zero-order chi connectivity index (χ0) is 10.7. The molecular formula is C12H24N2O. The topological polar surface area (TPSA) is 38.5 Å². The Kier molecular flexibility index (Phi) is 3.65. The first kappa shape index (κ1) is 11.4. The number of nitrogens with two attached hydrogens (primary N) is 1. The van der Waals surface area contributed by atoms with Crippen LogP contribution >= 0.6 is 0 Å². The van der Waals surface area contributed by atoms with Crippen LogP contribution in [0.3, 0.4) is 0 Å². The van der Waals surface area contributed by atoms with Gasteiger partial charge in [0.2, 0.25) is 0 Å². The minimum absolute atomic E-state index is 0.0790. The number of hydrogen-bond donors (Lipinski definition) is 1. The smallest absolute Gasteiger partial charge is 0.0622 e. The average molecular weight is 212 g/mol. The molecule has 88 valence electrons. The number of rotatable bonds is 3. The summed E-state index contributed by atoms with van der Waals surface area (Å²) < 4.78 is 5.42. The van der Waals surface area contributed by atoms with Gasteiger partial charge in [-0.3, -0.25) is 4.90 Å². The molecule has 3 heteroatoms. The van der Waals surface area contributed by atoms with Crippen molar-refractivity contribution in [1.29, 1.82) is 0 Å². The number of hydrogen-bond acceptors (Lipinski definition) is 3. The number of nitrogens with zero attached hydrogens (tertiary/aromatic N) is 1. The van der Waals surface area contributed by atoms with Crippen LogP contribution in [0.1, 0.15) is 38.5 Å². The van der Waals surface area contributed by atoms with E-state index in [9.17, 15) is 0 Å². The SMILES string of the molecule is CN(CC1(N)CCCCC1)C1CCOC1. The van der Waals surface area contributed by atoms with Crippen molar-refractivity contribution >= 4 is 0 Å². The maximum Gasteiger partial charge on any atom is 0.0622 e. The summed E-state index contributed by atoms with van der Waals surface area (Å²) in [5.41, 5.74) is 6.52. The van der Waals surface area contributed by atoms with Crippen LogP contribution in [-0.2, 0) is 4.74 Å². The summed E-state index contributed by atoms with van der Waals surface area (Å²) in [4.78, 5) is 2.42. The lowest BCUT2D eigenvalue weighted by Gasteiger charge is -2.38. The van der Waals surface area contributed by atoms with Gasteiger partial charge < -0.3 is 10.5 Å². The molecule has 2 aliphatic rings. The molecule has 0 spiro atoms. The standard InChI is InChI=1S/C12H24N2O/c1-14(11-5-8-15-9-11)10-12(13)6-3-2-4-7-12/h11H,2-10,13H2,1H3. The van der Waals surface area contributed by atoms with Crippen LogP contribution in [-0.4, -0.2) is 43.3 Å². The Morgan fingerprint density at radius 3 is 2.67 bits per heavy atom. The van der Waals surface area contributed by atoms with Crippen LogP contribution in [0.25, 0.3) is 0 Å². The third-order valence-corrected chi connectivity index (χ3v) is 3.94. The second-order valence-corrected chi connectivity index (χ2v) is 5.36. The fourth-order valence-electron chi connectivity index (χ4n) is 2.91. The minimum Gasteiger partial charge on any atom is -0.380 e. The summed E-state index contributed by atoms with van der Waals surface area (Å²) in [7, 11) is 2.20. The van der Waals surface area contributed by atoms with Crippen molar-refractivity contribution in [3.63, 3.8) is 0 Å². The van der Waals surface area contributed by atoms with Gasteiger partial charge in [-0.15, -0.1) is 0 Å². The summed E-state index contributed by atoms with van der Waals surface area (Å²) in [5.74, 6) is 0. The molecule has 1 aliphatic carbocycles. The Labute approximate surface area is 93.0 Å². The van der Waals surface area contributed by atoms with Crippen LogP contribution in [0, 0.1) is 0 Å². The van der Waals surface area contributed by atoms with Gasteiger partial charge in [-0.25, -0.2) is 0 Å². The van der Waals surface area contributed by atoms with E-state index in [2.05, 4.69) is 11.9 Å². The fraction of sp³-hybridized carbons (Fsp3) is 1.00. The van der Waals surface area contributed by atoms with E-state index in [1.165, 1.54) is 38.5 Å². The van der Waals surface area contributed by atoms with Crippen molar-refractivity contribution in [2.45, 2.75) is 50.1 Å². The Balaban J connectivity index is 1.83. The van der Waals surface area contributed by atoms with Crippen molar-refractivity contribution in [1.82, 2.24) is 4.90 Å². The highest BCUT2D eigenvalue weighted by Crippen LogP contribution is 2.27. The van der Waals surface area contributed by atoms with E-state index in [4.69, 9.17) is 10.5 Å². The van der Waals surface area contributed by atoms with Crippen molar-refractivity contribution in [2.75, 3.05) is 26.8 Å². The molecule has 2 N–H and O–H groups in total. The average Bonchev–Trinajstić information content (AvgIpc) is 2.70. The second-order valence-electron chi connectivity index (χ2n) is 5.36. The van der Waals surface area contributed by atoms with E-state index in [0.717, 1.165) is 19.8 Å². The molecule has 1 heterocycles. The molecule has 3 nitrogen and oxygen atoms in total. The molecule has 2 fully saturated rings. The molecule has 0 aromatic heterocycles. The molecule has 0 aromatic rings. The highest BCUT2D eigenvalue weighted by molar-refractivity contribution is 4.91. The zero-order valence-corrected chi connectivity index (χ0v) is 9.87. The molecule has 0 bridgehead atoms. The van der Waals surface area contributed by atoms with Crippen molar-refractivity contribution < 1.29 is 4.74 Å². The predicted molar refractivity (Wildman–Crippen MR) is 61.9 cm³/mol. The summed E-state index contributed by atoms with van der Waals surface area (Å²) in [6.07, 6.45) is 7.56. The lowest BCUT2D eigenvalue weighted by molar-refractivity contribution is 0.130. The van der Waals surface area contributed by atoms with Gasteiger partial charge in [-0.05, 0) is 26.3 Å². The first-order valence-electron chi connectivity index (χ1n) is 6.26. The fourth-order valence-corrected chi connectivity index (χ4v) is 2.91. The largest absolute Gasteiger partial charge is 0.380 e. The maximum atomic E-state index is 6.45. The van der Waals surface area contributed by atoms with Gasteiger partial charge in [0, 0.05) is 24.7 Å². The molecule has 1 saturated heterocycles. The number of likely N-dealkylation sites (N-methyl/N-ethyl adjacent to an activating group) is 1. The molecule has 15 heavy (non-hydrogen) atoms. The van der Waals surface area contributed by atoms with Crippen molar-refractivity contribution in [3.05, 3.63) is 0 Å². The normalized spacial score (nSPS) is 31.0. The molecule has 0 radical (unpaired) electrons. The molecule has 1 unspecified atom stereocenters. The van der Waals surface area contributed by atoms with E-state index >= 15 is 0 Å². The quantitative estimate of drug-likeness (QED) is 0.768. The molecular weight excluding hydrogens is 188 g/mol. The van der Waals surface area contributed by atoms with Gasteiger partial charge in [0.05, 0.1) is 6.61 Å². The molecule has 2 rings (SSSR count). The highest BCUT2D eigenvalue weighted by Gasteiger charge is 2.31. The third-order valence-electron chi connectivity index (χ3n) is 3.94. The van der Waals surface area contributed by atoms with Gasteiger partial charge in [0.25, 0.3) is 0 Å². The minimum atomic E-state index is 0.0790. The first-order valence-corrected chi connectivity index (χ1v) is 6.26. The summed E-state index contributed by atoms with van der Waals surface area (Å²) in [6, 6.07) is 0.604. The molecule has 0 amide bonds. The summed E-state index contributed by atoms with van der Waals surface area (Å²) in [6.45, 7) is 2.86. The first-order chi connectivity index (χ1) is 7.20. The predicted octanol–water partition coefficient (Wildman–Crippen LogP) is 1.37. The molecule has 0 aromatic carbocycles. The van der Waals surface area contributed by atoms with Crippen LogP contribution in [0.2, 0.25) is 0 Å². The van der Waals surface area contributed by atoms with Gasteiger partial charge in [0.1, 0.15) is 0 Å². The zero-order valence-electron chi connectivity index (χ0n) is 9.87. The van der Waals surface area contributed by atoms with Gasteiger partial charge in [-0.2, -0.15) is 0 Å². The van der Waals surface area contributed by atoms with Crippen molar-refractivity contribution in [2.24, 2.45) is 5.73 Å². The maximum absolute atomic E-state index is 6.45. The number of ether oxygens (including phenoxy) is 1. The van der Waals surface area contributed by atoms with E-state index in [1.54, 1.807) is 0 Å². The van der Waals surface area contributed by atoms with E-state index in [1.807, 2.05) is 0 Å². The Morgan fingerprint density at radius 2 is 2.07 bits per heavy atom. The monoisotopic (exact) mass is 212 g/mol. The lowest BCUT2D eigenvalue weighted by Crippen LogP contribution is -2.52. The lowest BCUT2D eigenvalue weighted by atomic mass is 9.82. The van der Waals surface area contributed by atoms with Gasteiger partial charge in [0.15, 0.2) is 0 Å². The van der Waals surface area contributed by atoms with Crippen LogP contribution in [0.4, 0.5) is 0 Å². The van der Waals surface area contributed by atoms with Crippen LogP contribution in [0.15, 0.2) is 0 Å². The van der Waals surface area contributed by atoms with Crippen LogP contribution < -0.4 is 5.73 Å².